The molecule has 1 aliphatic heterocycles. The van der Waals surface area contributed by atoms with Crippen molar-refractivity contribution in [3.63, 3.8) is 0 Å². The maximum atomic E-state index is 13.0. The largest absolute Gasteiger partial charge is 0.493 e. The molecule has 0 radical (unpaired) electrons. The quantitative estimate of drug-likeness (QED) is 0.310. The van der Waals surface area contributed by atoms with E-state index in [2.05, 4.69) is 28.1 Å². The number of unbranched alkanes of at least 4 members (excludes halogenated alkanes) is 3. The highest BCUT2D eigenvalue weighted by Crippen LogP contribution is 2.37. The fourth-order valence-corrected chi connectivity index (χ4v) is 4.37. The molecule has 0 N–H and O–H groups in total. The smallest absolute Gasteiger partial charge is 0.246 e. The van der Waals surface area contributed by atoms with E-state index in [0.29, 0.717) is 18.0 Å². The predicted molar refractivity (Wildman–Crippen MR) is 115 cm³/mol. The Balaban J connectivity index is 1.86. The number of amides is 1. The Bertz CT molecular complexity index is 747. The molecular weight excluding hydrogens is 420 g/mol. The Morgan fingerprint density at radius 3 is 2.46 bits per heavy atom. The van der Waals surface area contributed by atoms with Gasteiger partial charge in [0.05, 0.1) is 25.8 Å². The molecule has 1 aromatic rings. The molecule has 2 unspecified atom stereocenters. The van der Waals surface area contributed by atoms with Crippen molar-refractivity contribution in [2.24, 2.45) is 16.9 Å². The lowest BCUT2D eigenvalue weighted by molar-refractivity contribution is -0.137. The SMILES string of the molecule is COc1ccc(C2=NN(CCCCCCBr)C(=O)C3CC=CCC23)cc1OC. The average molecular weight is 449 g/mol. The minimum absolute atomic E-state index is 0.0202. The summed E-state index contributed by atoms with van der Waals surface area (Å²) in [6.07, 6.45) is 10.4. The van der Waals surface area contributed by atoms with Gasteiger partial charge in [-0.2, -0.15) is 5.10 Å². The van der Waals surface area contributed by atoms with E-state index in [9.17, 15) is 4.79 Å². The molecule has 0 bridgehead atoms. The zero-order valence-corrected chi connectivity index (χ0v) is 18.3. The van der Waals surface area contributed by atoms with E-state index >= 15 is 0 Å². The van der Waals surface area contributed by atoms with Gasteiger partial charge >= 0.3 is 0 Å². The molecule has 6 heteroatoms. The summed E-state index contributed by atoms with van der Waals surface area (Å²) in [4.78, 5) is 13.0. The van der Waals surface area contributed by atoms with Crippen LogP contribution in [0.4, 0.5) is 0 Å². The van der Waals surface area contributed by atoms with Crippen molar-refractivity contribution in [2.75, 3.05) is 26.1 Å². The van der Waals surface area contributed by atoms with E-state index in [1.54, 1.807) is 19.2 Å². The summed E-state index contributed by atoms with van der Waals surface area (Å²) in [7, 11) is 3.27. The summed E-state index contributed by atoms with van der Waals surface area (Å²) in [6.45, 7) is 0.685. The average Bonchev–Trinajstić information content (AvgIpc) is 2.74. The summed E-state index contributed by atoms with van der Waals surface area (Å²) in [5.74, 6) is 1.65. The number of benzene rings is 1. The standard InChI is InChI=1S/C22H29BrN2O3/c1-27-19-12-11-16(15-20(19)28-2)21-17-9-5-6-10-18(17)22(26)25(24-21)14-8-4-3-7-13-23/h5-6,11-12,15,17-18H,3-4,7-10,13-14H2,1-2H3. The van der Waals surface area contributed by atoms with Crippen molar-refractivity contribution in [1.82, 2.24) is 5.01 Å². The molecule has 0 fully saturated rings. The molecular formula is C22H29BrN2O3. The summed E-state index contributed by atoms with van der Waals surface area (Å²) in [6, 6.07) is 5.89. The normalized spacial score (nSPS) is 21.3. The van der Waals surface area contributed by atoms with Crippen LogP contribution in [0.5, 0.6) is 11.5 Å². The van der Waals surface area contributed by atoms with Gasteiger partial charge in [-0.3, -0.25) is 4.79 Å². The van der Waals surface area contributed by atoms with Crippen LogP contribution >= 0.6 is 15.9 Å². The van der Waals surface area contributed by atoms with Crippen LogP contribution in [-0.2, 0) is 4.79 Å². The monoisotopic (exact) mass is 448 g/mol. The molecule has 1 heterocycles. The molecule has 28 heavy (non-hydrogen) atoms. The van der Waals surface area contributed by atoms with Gasteiger partial charge in [-0.05, 0) is 43.9 Å². The zero-order chi connectivity index (χ0) is 19.9. The van der Waals surface area contributed by atoms with Crippen molar-refractivity contribution < 1.29 is 14.3 Å². The fourth-order valence-electron chi connectivity index (χ4n) is 3.97. The van der Waals surface area contributed by atoms with Crippen molar-refractivity contribution in [3.8, 4) is 11.5 Å². The number of hydrogen-bond donors (Lipinski definition) is 0. The molecule has 2 aliphatic rings. The molecule has 1 aromatic carbocycles. The van der Waals surface area contributed by atoms with Crippen LogP contribution in [0.1, 0.15) is 44.1 Å². The second-order valence-corrected chi connectivity index (χ2v) is 8.07. The first kappa shape index (κ1) is 20.9. The first-order chi connectivity index (χ1) is 13.7. The number of methoxy groups -OCH3 is 2. The van der Waals surface area contributed by atoms with Gasteiger partial charge in [-0.1, -0.05) is 40.9 Å². The summed E-state index contributed by atoms with van der Waals surface area (Å²) < 4.78 is 10.8. The van der Waals surface area contributed by atoms with E-state index in [1.165, 1.54) is 12.8 Å². The first-order valence-corrected chi connectivity index (χ1v) is 11.1. The minimum atomic E-state index is -0.0202. The van der Waals surface area contributed by atoms with Crippen LogP contribution in [0, 0.1) is 11.8 Å². The van der Waals surface area contributed by atoms with E-state index in [4.69, 9.17) is 14.6 Å². The first-order valence-electron chi connectivity index (χ1n) is 10.0. The molecule has 1 aliphatic carbocycles. The highest BCUT2D eigenvalue weighted by atomic mass is 79.9. The molecule has 3 rings (SSSR count). The van der Waals surface area contributed by atoms with Crippen LogP contribution in [0.2, 0.25) is 0 Å². The number of ether oxygens (including phenoxy) is 2. The molecule has 152 valence electrons. The van der Waals surface area contributed by atoms with Gasteiger partial charge in [-0.15, -0.1) is 0 Å². The molecule has 5 nitrogen and oxygen atoms in total. The number of alkyl halides is 1. The minimum Gasteiger partial charge on any atom is -0.493 e. The van der Waals surface area contributed by atoms with Gasteiger partial charge in [0.15, 0.2) is 11.5 Å². The Morgan fingerprint density at radius 2 is 1.75 bits per heavy atom. The third kappa shape index (κ3) is 4.59. The number of rotatable bonds is 9. The highest BCUT2D eigenvalue weighted by molar-refractivity contribution is 9.09. The molecule has 0 saturated heterocycles. The zero-order valence-electron chi connectivity index (χ0n) is 16.7. The topological polar surface area (TPSA) is 51.1 Å². The number of hydrogen-bond acceptors (Lipinski definition) is 4. The van der Waals surface area contributed by atoms with E-state index in [1.807, 2.05) is 18.2 Å². The molecule has 0 spiro atoms. The number of halogens is 1. The maximum absolute atomic E-state index is 13.0. The number of fused-ring (bicyclic) bond motifs is 1. The Hall–Kier alpha value is -1.82. The molecule has 1 amide bonds. The number of nitrogens with zero attached hydrogens (tertiary/aromatic N) is 2. The molecule has 0 saturated carbocycles. The van der Waals surface area contributed by atoms with Crippen LogP contribution in [-0.4, -0.2) is 42.7 Å². The van der Waals surface area contributed by atoms with Gasteiger partial charge < -0.3 is 9.47 Å². The maximum Gasteiger partial charge on any atom is 0.246 e. The lowest BCUT2D eigenvalue weighted by Gasteiger charge is -2.37. The van der Waals surface area contributed by atoms with Gasteiger partial charge in [0, 0.05) is 23.4 Å². The van der Waals surface area contributed by atoms with Crippen molar-refractivity contribution in [1.29, 1.82) is 0 Å². The second kappa shape index (κ2) is 10.1. The number of hydrazone groups is 1. The van der Waals surface area contributed by atoms with E-state index in [-0.39, 0.29) is 17.7 Å². The van der Waals surface area contributed by atoms with Gasteiger partial charge in [0.1, 0.15) is 0 Å². The van der Waals surface area contributed by atoms with E-state index < -0.39 is 0 Å². The number of allylic oxidation sites excluding steroid dienone is 2. The van der Waals surface area contributed by atoms with Gasteiger partial charge in [-0.25, -0.2) is 5.01 Å². The van der Waals surface area contributed by atoms with Gasteiger partial charge in [0.25, 0.3) is 0 Å². The Morgan fingerprint density at radius 1 is 1.04 bits per heavy atom. The Kier molecular flexibility index (Phi) is 7.54. The number of carbonyl (C=O) groups is 1. The second-order valence-electron chi connectivity index (χ2n) is 7.28. The fraction of sp³-hybridized carbons (Fsp3) is 0.545. The Labute approximate surface area is 175 Å². The van der Waals surface area contributed by atoms with Crippen LogP contribution < -0.4 is 9.47 Å². The molecule has 2 atom stereocenters. The predicted octanol–water partition coefficient (Wildman–Crippen LogP) is 4.79. The van der Waals surface area contributed by atoms with E-state index in [0.717, 1.165) is 42.3 Å². The van der Waals surface area contributed by atoms with Crippen LogP contribution in [0.25, 0.3) is 0 Å². The molecule has 0 aromatic heterocycles. The summed E-state index contributed by atoms with van der Waals surface area (Å²) in [5.41, 5.74) is 1.98. The number of carbonyl (C=O) groups excluding carboxylic acids is 1. The van der Waals surface area contributed by atoms with Crippen LogP contribution in [0.3, 0.4) is 0 Å². The van der Waals surface area contributed by atoms with Gasteiger partial charge in [0.2, 0.25) is 5.91 Å². The summed E-state index contributed by atoms with van der Waals surface area (Å²) in [5, 5.41) is 7.57. The highest BCUT2D eigenvalue weighted by Gasteiger charge is 2.39. The van der Waals surface area contributed by atoms with Crippen molar-refractivity contribution >= 4 is 27.5 Å². The van der Waals surface area contributed by atoms with Crippen molar-refractivity contribution in [3.05, 3.63) is 35.9 Å². The lowest BCUT2D eigenvalue weighted by Crippen LogP contribution is -2.45. The third-order valence-electron chi connectivity index (χ3n) is 5.52. The van der Waals surface area contributed by atoms with Crippen LogP contribution in [0.15, 0.2) is 35.5 Å². The lowest BCUT2D eigenvalue weighted by atomic mass is 9.76. The third-order valence-corrected chi connectivity index (χ3v) is 6.08. The summed E-state index contributed by atoms with van der Waals surface area (Å²) >= 11 is 3.47. The van der Waals surface area contributed by atoms with Crippen molar-refractivity contribution in [2.45, 2.75) is 38.5 Å².